The second-order valence-electron chi connectivity index (χ2n) is 3.47. The minimum Gasteiger partial charge on any atom is -0.508 e. The standard InChI is InChI=1S/C10H14INO/c1-6(2)10(12)8-4-3-7(11)5-9(8)13/h3-6,10,13H,12H2,1-2H3/t10-/m0/s1. The zero-order valence-corrected chi connectivity index (χ0v) is 9.95. The zero-order valence-electron chi connectivity index (χ0n) is 7.79. The number of hydrogen-bond donors (Lipinski definition) is 2. The summed E-state index contributed by atoms with van der Waals surface area (Å²) < 4.78 is 1.02. The van der Waals surface area contributed by atoms with Crippen molar-refractivity contribution in [2.45, 2.75) is 19.9 Å². The minimum absolute atomic E-state index is 0.0861. The predicted octanol–water partition coefficient (Wildman–Crippen LogP) is 2.65. The zero-order chi connectivity index (χ0) is 10.0. The summed E-state index contributed by atoms with van der Waals surface area (Å²) in [5.74, 6) is 0.638. The first-order valence-corrected chi connectivity index (χ1v) is 5.34. The first kappa shape index (κ1) is 10.8. The maximum atomic E-state index is 9.63. The number of hydrogen-bond acceptors (Lipinski definition) is 2. The molecule has 0 aliphatic carbocycles. The number of phenolic OH excluding ortho intramolecular Hbond substituents is 1. The van der Waals surface area contributed by atoms with Crippen LogP contribution in [0.2, 0.25) is 0 Å². The Balaban J connectivity index is 3.01. The Morgan fingerprint density at radius 3 is 2.46 bits per heavy atom. The Labute approximate surface area is 92.3 Å². The van der Waals surface area contributed by atoms with Crippen LogP contribution < -0.4 is 5.73 Å². The molecule has 0 amide bonds. The molecule has 0 radical (unpaired) electrons. The van der Waals surface area contributed by atoms with Crippen molar-refractivity contribution in [3.63, 3.8) is 0 Å². The molecular weight excluding hydrogens is 277 g/mol. The fourth-order valence-electron chi connectivity index (χ4n) is 1.16. The summed E-state index contributed by atoms with van der Waals surface area (Å²) in [6.45, 7) is 4.09. The molecule has 1 rings (SSSR count). The topological polar surface area (TPSA) is 46.2 Å². The van der Waals surface area contributed by atoms with Crippen molar-refractivity contribution in [2.75, 3.05) is 0 Å². The van der Waals surface area contributed by atoms with Crippen molar-refractivity contribution in [1.82, 2.24) is 0 Å². The third-order valence-electron chi connectivity index (χ3n) is 2.07. The summed E-state index contributed by atoms with van der Waals surface area (Å²) >= 11 is 2.16. The Morgan fingerprint density at radius 1 is 1.38 bits per heavy atom. The summed E-state index contributed by atoms with van der Waals surface area (Å²) in [6, 6.07) is 5.49. The van der Waals surface area contributed by atoms with Gasteiger partial charge in [-0.05, 0) is 40.6 Å². The van der Waals surface area contributed by atoms with Crippen molar-refractivity contribution in [3.05, 3.63) is 27.3 Å². The van der Waals surface area contributed by atoms with E-state index >= 15 is 0 Å². The van der Waals surface area contributed by atoms with Gasteiger partial charge in [-0.1, -0.05) is 19.9 Å². The predicted molar refractivity (Wildman–Crippen MR) is 62.6 cm³/mol. The lowest BCUT2D eigenvalue weighted by molar-refractivity contribution is 0.439. The summed E-state index contributed by atoms with van der Waals surface area (Å²) in [5, 5.41) is 9.63. The van der Waals surface area contributed by atoms with Crippen LogP contribution in [0, 0.1) is 9.49 Å². The highest BCUT2D eigenvalue weighted by atomic mass is 127. The molecule has 0 spiro atoms. The smallest absolute Gasteiger partial charge is 0.121 e. The molecule has 3 heteroatoms. The van der Waals surface area contributed by atoms with Crippen molar-refractivity contribution in [1.29, 1.82) is 0 Å². The van der Waals surface area contributed by atoms with Gasteiger partial charge in [-0.2, -0.15) is 0 Å². The Bertz CT molecular complexity index is 299. The van der Waals surface area contributed by atoms with Crippen LogP contribution in [-0.4, -0.2) is 5.11 Å². The van der Waals surface area contributed by atoms with Crippen molar-refractivity contribution < 1.29 is 5.11 Å². The van der Waals surface area contributed by atoms with Crippen LogP contribution in [0.3, 0.4) is 0 Å². The van der Waals surface area contributed by atoms with Crippen LogP contribution in [0.4, 0.5) is 0 Å². The largest absolute Gasteiger partial charge is 0.508 e. The molecule has 0 bridgehead atoms. The number of benzene rings is 1. The normalized spacial score (nSPS) is 13.3. The molecule has 0 saturated heterocycles. The molecule has 0 saturated carbocycles. The lowest BCUT2D eigenvalue weighted by Crippen LogP contribution is -2.16. The molecule has 0 aliphatic heterocycles. The molecule has 0 aromatic heterocycles. The van der Waals surface area contributed by atoms with Gasteiger partial charge in [-0.25, -0.2) is 0 Å². The maximum Gasteiger partial charge on any atom is 0.121 e. The molecule has 0 unspecified atom stereocenters. The van der Waals surface area contributed by atoms with Gasteiger partial charge < -0.3 is 10.8 Å². The van der Waals surface area contributed by atoms with E-state index in [0.29, 0.717) is 11.7 Å². The summed E-state index contributed by atoms with van der Waals surface area (Å²) in [6.07, 6.45) is 0. The molecule has 1 aromatic carbocycles. The van der Waals surface area contributed by atoms with Crippen LogP contribution in [0.1, 0.15) is 25.5 Å². The third kappa shape index (κ3) is 2.57. The van der Waals surface area contributed by atoms with E-state index in [1.54, 1.807) is 6.07 Å². The molecule has 0 fully saturated rings. The maximum absolute atomic E-state index is 9.63. The molecule has 2 nitrogen and oxygen atoms in total. The van der Waals surface area contributed by atoms with Gasteiger partial charge in [-0.15, -0.1) is 0 Å². The molecule has 0 aliphatic rings. The van der Waals surface area contributed by atoms with E-state index in [-0.39, 0.29) is 6.04 Å². The lowest BCUT2D eigenvalue weighted by atomic mass is 9.96. The van der Waals surface area contributed by atoms with Crippen molar-refractivity contribution in [3.8, 4) is 5.75 Å². The van der Waals surface area contributed by atoms with Gasteiger partial charge >= 0.3 is 0 Å². The number of aromatic hydroxyl groups is 1. The number of halogens is 1. The van der Waals surface area contributed by atoms with E-state index in [2.05, 4.69) is 22.6 Å². The highest BCUT2D eigenvalue weighted by Crippen LogP contribution is 2.28. The van der Waals surface area contributed by atoms with Crippen molar-refractivity contribution in [2.24, 2.45) is 11.7 Å². The molecule has 1 aromatic rings. The second-order valence-corrected chi connectivity index (χ2v) is 4.72. The van der Waals surface area contributed by atoms with Crippen LogP contribution in [0.5, 0.6) is 5.75 Å². The van der Waals surface area contributed by atoms with Gasteiger partial charge in [0.25, 0.3) is 0 Å². The van der Waals surface area contributed by atoms with Gasteiger partial charge in [-0.3, -0.25) is 0 Å². The second kappa shape index (κ2) is 4.28. The van der Waals surface area contributed by atoms with E-state index < -0.39 is 0 Å². The first-order valence-electron chi connectivity index (χ1n) is 4.26. The lowest BCUT2D eigenvalue weighted by Gasteiger charge is -2.17. The fourth-order valence-corrected chi connectivity index (χ4v) is 1.63. The molecule has 1 atom stereocenters. The molecule has 0 heterocycles. The van der Waals surface area contributed by atoms with Crippen LogP contribution in [0.15, 0.2) is 18.2 Å². The van der Waals surface area contributed by atoms with E-state index in [9.17, 15) is 5.11 Å². The van der Waals surface area contributed by atoms with Gasteiger partial charge in [0, 0.05) is 15.2 Å². The van der Waals surface area contributed by atoms with Crippen LogP contribution >= 0.6 is 22.6 Å². The van der Waals surface area contributed by atoms with Gasteiger partial charge in [0.05, 0.1) is 0 Å². The quantitative estimate of drug-likeness (QED) is 0.823. The molecule has 3 N–H and O–H groups in total. The van der Waals surface area contributed by atoms with Crippen molar-refractivity contribution >= 4 is 22.6 Å². The average molecular weight is 291 g/mol. The van der Waals surface area contributed by atoms with Crippen LogP contribution in [-0.2, 0) is 0 Å². The average Bonchev–Trinajstić information content (AvgIpc) is 2.03. The fraction of sp³-hybridized carbons (Fsp3) is 0.400. The minimum atomic E-state index is -0.0861. The van der Waals surface area contributed by atoms with Crippen LogP contribution in [0.25, 0.3) is 0 Å². The number of rotatable bonds is 2. The van der Waals surface area contributed by atoms with E-state index in [0.717, 1.165) is 9.13 Å². The molecular formula is C10H14INO. The third-order valence-corrected chi connectivity index (χ3v) is 2.74. The first-order chi connectivity index (χ1) is 6.02. The summed E-state index contributed by atoms with van der Waals surface area (Å²) in [4.78, 5) is 0. The van der Waals surface area contributed by atoms with Gasteiger partial charge in [0.15, 0.2) is 0 Å². The number of phenols is 1. The van der Waals surface area contributed by atoms with E-state index in [1.165, 1.54) is 0 Å². The summed E-state index contributed by atoms with van der Waals surface area (Å²) in [7, 11) is 0. The Hall–Kier alpha value is -0.290. The highest BCUT2D eigenvalue weighted by molar-refractivity contribution is 14.1. The SMILES string of the molecule is CC(C)[C@H](N)c1ccc(I)cc1O. The molecule has 13 heavy (non-hydrogen) atoms. The van der Waals surface area contributed by atoms with Gasteiger partial charge in [0.2, 0.25) is 0 Å². The summed E-state index contributed by atoms with van der Waals surface area (Å²) in [5.41, 5.74) is 6.76. The number of nitrogens with two attached hydrogens (primary N) is 1. The Morgan fingerprint density at radius 2 is 2.00 bits per heavy atom. The molecule has 72 valence electrons. The van der Waals surface area contributed by atoms with E-state index in [1.807, 2.05) is 26.0 Å². The Kier molecular flexibility index (Phi) is 3.55. The highest BCUT2D eigenvalue weighted by Gasteiger charge is 2.13. The van der Waals surface area contributed by atoms with E-state index in [4.69, 9.17) is 5.73 Å². The van der Waals surface area contributed by atoms with Gasteiger partial charge in [0.1, 0.15) is 5.75 Å². The monoisotopic (exact) mass is 291 g/mol.